The first kappa shape index (κ1) is 12.1. The summed E-state index contributed by atoms with van der Waals surface area (Å²) in [7, 11) is 0. The molecule has 1 aromatic heterocycles. The zero-order valence-electron chi connectivity index (χ0n) is 9.57. The van der Waals surface area contributed by atoms with Crippen molar-refractivity contribution in [3.63, 3.8) is 0 Å². The molecule has 0 aliphatic heterocycles. The van der Waals surface area contributed by atoms with Gasteiger partial charge in [0.05, 0.1) is 5.52 Å². The first-order valence-electron chi connectivity index (χ1n) is 5.46. The van der Waals surface area contributed by atoms with Crippen molar-refractivity contribution in [3.05, 3.63) is 52.5 Å². The molecule has 3 nitrogen and oxygen atoms in total. The number of halogens is 3. The molecule has 3 aromatic rings. The maximum absolute atomic E-state index is 13.9. The molecule has 0 radical (unpaired) electrons. The lowest BCUT2D eigenvalue weighted by Crippen LogP contribution is -2.02. The molecule has 0 aliphatic carbocycles. The monoisotopic (exact) mass is 323 g/mol. The molecule has 2 N–H and O–H groups in total. The number of imidazole rings is 1. The van der Waals surface area contributed by atoms with Crippen LogP contribution in [0.4, 0.5) is 14.7 Å². The third-order valence-corrected chi connectivity index (χ3v) is 3.35. The van der Waals surface area contributed by atoms with Crippen LogP contribution in [-0.4, -0.2) is 9.55 Å². The van der Waals surface area contributed by atoms with E-state index < -0.39 is 11.6 Å². The molecule has 0 saturated heterocycles. The van der Waals surface area contributed by atoms with Crippen molar-refractivity contribution >= 4 is 32.9 Å². The van der Waals surface area contributed by atoms with E-state index in [4.69, 9.17) is 5.73 Å². The summed E-state index contributed by atoms with van der Waals surface area (Å²) in [5.41, 5.74) is 6.77. The van der Waals surface area contributed by atoms with E-state index in [-0.39, 0.29) is 11.5 Å². The van der Waals surface area contributed by atoms with E-state index in [9.17, 15) is 8.78 Å². The Morgan fingerprint density at radius 3 is 2.42 bits per heavy atom. The van der Waals surface area contributed by atoms with Crippen LogP contribution in [0, 0.1) is 11.6 Å². The molecule has 0 fully saturated rings. The molecule has 3 rings (SSSR count). The zero-order chi connectivity index (χ0) is 13.6. The van der Waals surface area contributed by atoms with E-state index in [0.717, 1.165) is 10.5 Å². The number of fused-ring (bicyclic) bond motifs is 1. The lowest BCUT2D eigenvalue weighted by molar-refractivity contribution is 0.514. The molecule has 1 heterocycles. The standard InChI is InChI=1S/C13H8BrF2N3/c14-7-1-3-8(4-2-7)19-12-10(18-13(19)17)6-5-9(15)11(12)16/h1-6H,(H2,17,18). The lowest BCUT2D eigenvalue weighted by atomic mass is 10.2. The maximum atomic E-state index is 13.9. The highest BCUT2D eigenvalue weighted by molar-refractivity contribution is 9.10. The lowest BCUT2D eigenvalue weighted by Gasteiger charge is -2.07. The number of aromatic nitrogens is 2. The zero-order valence-corrected chi connectivity index (χ0v) is 11.2. The van der Waals surface area contributed by atoms with Crippen LogP contribution in [0.3, 0.4) is 0 Å². The molecule has 0 atom stereocenters. The molecule has 0 bridgehead atoms. The topological polar surface area (TPSA) is 43.8 Å². The van der Waals surface area contributed by atoms with Crippen molar-refractivity contribution in [2.75, 3.05) is 5.73 Å². The van der Waals surface area contributed by atoms with Gasteiger partial charge in [0.15, 0.2) is 11.6 Å². The van der Waals surface area contributed by atoms with Gasteiger partial charge in [-0.3, -0.25) is 4.57 Å². The molecule has 0 saturated carbocycles. The molecular formula is C13H8BrF2N3. The Morgan fingerprint density at radius 2 is 1.74 bits per heavy atom. The van der Waals surface area contributed by atoms with Crippen molar-refractivity contribution in [3.8, 4) is 5.69 Å². The molecule has 2 aromatic carbocycles. The van der Waals surface area contributed by atoms with Crippen LogP contribution in [0.15, 0.2) is 40.9 Å². The Bertz CT molecular complexity index is 766. The molecule has 0 spiro atoms. The minimum absolute atomic E-state index is 0.0415. The van der Waals surface area contributed by atoms with E-state index in [0.29, 0.717) is 11.2 Å². The van der Waals surface area contributed by atoms with Gasteiger partial charge in [-0.1, -0.05) is 15.9 Å². The quantitative estimate of drug-likeness (QED) is 0.742. The highest BCUT2D eigenvalue weighted by Crippen LogP contribution is 2.27. The smallest absolute Gasteiger partial charge is 0.206 e. The van der Waals surface area contributed by atoms with Crippen LogP contribution in [0.2, 0.25) is 0 Å². The summed E-state index contributed by atoms with van der Waals surface area (Å²) >= 11 is 3.31. The van der Waals surface area contributed by atoms with Crippen LogP contribution in [0.1, 0.15) is 0 Å². The van der Waals surface area contributed by atoms with Crippen LogP contribution < -0.4 is 5.73 Å². The number of hydrogen-bond acceptors (Lipinski definition) is 2. The second kappa shape index (κ2) is 4.31. The van der Waals surface area contributed by atoms with Crippen LogP contribution in [0.5, 0.6) is 0 Å². The van der Waals surface area contributed by atoms with E-state index in [1.807, 2.05) is 0 Å². The van der Waals surface area contributed by atoms with Crippen molar-refractivity contribution < 1.29 is 8.78 Å². The number of anilines is 1. The Labute approximate surface area is 115 Å². The van der Waals surface area contributed by atoms with Gasteiger partial charge >= 0.3 is 0 Å². The van der Waals surface area contributed by atoms with Gasteiger partial charge in [-0.25, -0.2) is 13.8 Å². The second-order valence-electron chi connectivity index (χ2n) is 4.01. The summed E-state index contributed by atoms with van der Waals surface area (Å²) in [6.45, 7) is 0. The van der Waals surface area contributed by atoms with Crippen molar-refractivity contribution in [1.29, 1.82) is 0 Å². The van der Waals surface area contributed by atoms with Crippen LogP contribution >= 0.6 is 15.9 Å². The van der Waals surface area contributed by atoms with E-state index >= 15 is 0 Å². The number of hydrogen-bond donors (Lipinski definition) is 1. The minimum Gasteiger partial charge on any atom is -0.369 e. The average molecular weight is 324 g/mol. The van der Waals surface area contributed by atoms with Gasteiger partial charge in [0.1, 0.15) is 5.52 Å². The van der Waals surface area contributed by atoms with Gasteiger partial charge in [0.25, 0.3) is 0 Å². The highest BCUT2D eigenvalue weighted by atomic mass is 79.9. The number of rotatable bonds is 1. The predicted octanol–water partition coefficient (Wildman–Crippen LogP) is 3.65. The molecule has 0 unspecified atom stereocenters. The predicted molar refractivity (Wildman–Crippen MR) is 73.1 cm³/mol. The fraction of sp³-hybridized carbons (Fsp3) is 0. The third-order valence-electron chi connectivity index (χ3n) is 2.82. The van der Waals surface area contributed by atoms with Gasteiger partial charge in [-0.05, 0) is 36.4 Å². The first-order valence-corrected chi connectivity index (χ1v) is 6.25. The van der Waals surface area contributed by atoms with Crippen molar-refractivity contribution in [1.82, 2.24) is 9.55 Å². The second-order valence-corrected chi connectivity index (χ2v) is 4.93. The minimum atomic E-state index is -0.954. The van der Waals surface area contributed by atoms with Gasteiger partial charge in [0.2, 0.25) is 5.95 Å². The fourth-order valence-corrected chi connectivity index (χ4v) is 2.24. The van der Waals surface area contributed by atoms with Gasteiger partial charge in [-0.2, -0.15) is 0 Å². The number of nitrogen functional groups attached to an aromatic ring is 1. The summed E-state index contributed by atoms with van der Waals surface area (Å²) < 4.78 is 29.6. The van der Waals surface area contributed by atoms with Gasteiger partial charge < -0.3 is 5.73 Å². The highest BCUT2D eigenvalue weighted by Gasteiger charge is 2.17. The Morgan fingerprint density at radius 1 is 1.05 bits per heavy atom. The average Bonchev–Trinajstić information content (AvgIpc) is 2.72. The normalized spacial score (nSPS) is 11.1. The summed E-state index contributed by atoms with van der Waals surface area (Å²) in [6.07, 6.45) is 0. The molecule has 96 valence electrons. The van der Waals surface area contributed by atoms with Crippen LogP contribution in [0.25, 0.3) is 16.7 Å². The largest absolute Gasteiger partial charge is 0.369 e. The molecule has 19 heavy (non-hydrogen) atoms. The molecular weight excluding hydrogens is 316 g/mol. The van der Waals surface area contributed by atoms with E-state index in [1.54, 1.807) is 24.3 Å². The first-order chi connectivity index (χ1) is 9.08. The summed E-state index contributed by atoms with van der Waals surface area (Å²) in [5, 5.41) is 0. The Balaban J connectivity index is 2.37. The van der Waals surface area contributed by atoms with Crippen molar-refractivity contribution in [2.24, 2.45) is 0 Å². The summed E-state index contributed by atoms with van der Waals surface area (Å²) in [5.74, 6) is -1.77. The number of nitrogens with two attached hydrogens (primary N) is 1. The number of nitrogens with zero attached hydrogens (tertiary/aromatic N) is 2. The van der Waals surface area contributed by atoms with Gasteiger partial charge in [-0.15, -0.1) is 0 Å². The Hall–Kier alpha value is -1.95. The van der Waals surface area contributed by atoms with Gasteiger partial charge in [0, 0.05) is 10.2 Å². The molecule has 0 amide bonds. The third kappa shape index (κ3) is 1.88. The van der Waals surface area contributed by atoms with E-state index in [1.165, 1.54) is 10.6 Å². The van der Waals surface area contributed by atoms with Crippen LogP contribution in [-0.2, 0) is 0 Å². The summed E-state index contributed by atoms with van der Waals surface area (Å²) in [4.78, 5) is 4.04. The maximum Gasteiger partial charge on any atom is 0.206 e. The number of benzene rings is 2. The molecule has 6 heteroatoms. The SMILES string of the molecule is Nc1nc2ccc(F)c(F)c2n1-c1ccc(Br)cc1. The Kier molecular flexibility index (Phi) is 2.74. The van der Waals surface area contributed by atoms with Crippen molar-refractivity contribution in [2.45, 2.75) is 0 Å². The summed E-state index contributed by atoms with van der Waals surface area (Å²) in [6, 6.07) is 9.50. The molecule has 0 aliphatic rings. The van der Waals surface area contributed by atoms with E-state index in [2.05, 4.69) is 20.9 Å². The fourth-order valence-electron chi connectivity index (χ4n) is 1.97.